The smallest absolute Gasteiger partial charge is 0.258 e. The van der Waals surface area contributed by atoms with E-state index in [0.717, 1.165) is 37.3 Å². The summed E-state index contributed by atoms with van der Waals surface area (Å²) in [6.45, 7) is 2.79. The first-order valence-corrected chi connectivity index (χ1v) is 11.6. The second kappa shape index (κ2) is 11.0. The topological polar surface area (TPSA) is 65.5 Å². The Balaban J connectivity index is 1.38. The third-order valence-electron chi connectivity index (χ3n) is 6.35. The maximum absolute atomic E-state index is 13.3. The normalized spacial score (nSPS) is 14.5. The minimum absolute atomic E-state index is 0.0524. The lowest BCUT2D eigenvalue weighted by molar-refractivity contribution is 0.0841. The SMILES string of the molecule is CNc1ccc(C(=O)N(CCN2CCC(C(=O)c3ccc(F)cc3)CC2)c2cccnc2)cc1. The van der Waals surface area contributed by atoms with Gasteiger partial charge in [0, 0.05) is 49.1 Å². The molecule has 1 aromatic heterocycles. The van der Waals surface area contributed by atoms with Crippen molar-refractivity contribution in [2.45, 2.75) is 12.8 Å². The van der Waals surface area contributed by atoms with E-state index < -0.39 is 0 Å². The van der Waals surface area contributed by atoms with Crippen molar-refractivity contribution in [3.8, 4) is 0 Å². The van der Waals surface area contributed by atoms with Crippen molar-refractivity contribution in [1.82, 2.24) is 9.88 Å². The van der Waals surface area contributed by atoms with Gasteiger partial charge in [-0.15, -0.1) is 0 Å². The maximum atomic E-state index is 13.3. The Labute approximate surface area is 199 Å². The molecule has 1 aliphatic heterocycles. The summed E-state index contributed by atoms with van der Waals surface area (Å²) < 4.78 is 13.2. The van der Waals surface area contributed by atoms with Gasteiger partial charge >= 0.3 is 0 Å². The van der Waals surface area contributed by atoms with Crippen LogP contribution in [0.1, 0.15) is 33.6 Å². The molecule has 2 aromatic carbocycles. The van der Waals surface area contributed by atoms with E-state index in [0.29, 0.717) is 24.2 Å². The summed E-state index contributed by atoms with van der Waals surface area (Å²) in [5.74, 6) is -0.380. The van der Waals surface area contributed by atoms with Gasteiger partial charge in [-0.3, -0.25) is 14.6 Å². The molecule has 1 saturated heterocycles. The Morgan fingerprint density at radius 1 is 1.03 bits per heavy atom. The molecular formula is C27H29FN4O2. The fourth-order valence-corrected chi connectivity index (χ4v) is 4.31. The van der Waals surface area contributed by atoms with Gasteiger partial charge in [-0.25, -0.2) is 4.39 Å². The number of halogens is 1. The van der Waals surface area contributed by atoms with Gasteiger partial charge in [0.25, 0.3) is 5.91 Å². The molecule has 4 rings (SSSR count). The van der Waals surface area contributed by atoms with Crippen LogP contribution in [-0.4, -0.2) is 54.8 Å². The van der Waals surface area contributed by atoms with Crippen LogP contribution in [-0.2, 0) is 0 Å². The Bertz CT molecular complexity index is 1100. The van der Waals surface area contributed by atoms with E-state index in [-0.39, 0.29) is 23.4 Å². The van der Waals surface area contributed by atoms with Gasteiger partial charge in [0.05, 0.1) is 11.9 Å². The monoisotopic (exact) mass is 460 g/mol. The van der Waals surface area contributed by atoms with Crippen molar-refractivity contribution in [3.63, 3.8) is 0 Å². The molecule has 34 heavy (non-hydrogen) atoms. The second-order valence-electron chi connectivity index (χ2n) is 8.48. The number of nitrogens with one attached hydrogen (secondary N) is 1. The van der Waals surface area contributed by atoms with E-state index >= 15 is 0 Å². The fraction of sp³-hybridized carbons (Fsp3) is 0.296. The van der Waals surface area contributed by atoms with Crippen LogP contribution in [0.4, 0.5) is 15.8 Å². The lowest BCUT2D eigenvalue weighted by Crippen LogP contribution is -2.43. The number of amides is 1. The highest BCUT2D eigenvalue weighted by molar-refractivity contribution is 6.06. The highest BCUT2D eigenvalue weighted by Gasteiger charge is 2.27. The average Bonchev–Trinajstić information content (AvgIpc) is 2.90. The second-order valence-corrected chi connectivity index (χ2v) is 8.48. The number of benzene rings is 2. The van der Waals surface area contributed by atoms with E-state index in [4.69, 9.17) is 0 Å². The van der Waals surface area contributed by atoms with Crippen molar-refractivity contribution >= 4 is 23.1 Å². The van der Waals surface area contributed by atoms with Crippen molar-refractivity contribution in [2.24, 2.45) is 5.92 Å². The Morgan fingerprint density at radius 3 is 2.32 bits per heavy atom. The zero-order chi connectivity index (χ0) is 23.9. The highest BCUT2D eigenvalue weighted by atomic mass is 19.1. The maximum Gasteiger partial charge on any atom is 0.258 e. The molecule has 7 heteroatoms. The van der Waals surface area contributed by atoms with Crippen molar-refractivity contribution in [1.29, 1.82) is 0 Å². The van der Waals surface area contributed by atoms with Crippen molar-refractivity contribution < 1.29 is 14.0 Å². The minimum atomic E-state index is -0.336. The number of likely N-dealkylation sites (tertiary alicyclic amines) is 1. The molecule has 1 fully saturated rings. The Hall–Kier alpha value is -3.58. The van der Waals surface area contributed by atoms with Gasteiger partial charge in [-0.2, -0.15) is 0 Å². The minimum Gasteiger partial charge on any atom is -0.388 e. The zero-order valence-electron chi connectivity index (χ0n) is 19.3. The Kier molecular flexibility index (Phi) is 7.65. The van der Waals surface area contributed by atoms with Crippen LogP contribution in [0, 0.1) is 11.7 Å². The number of hydrogen-bond donors (Lipinski definition) is 1. The molecule has 1 N–H and O–H groups in total. The predicted molar refractivity (Wildman–Crippen MR) is 132 cm³/mol. The Morgan fingerprint density at radius 2 is 1.71 bits per heavy atom. The number of carbonyl (C=O) groups excluding carboxylic acids is 2. The summed E-state index contributed by atoms with van der Waals surface area (Å²) in [5.41, 5.74) is 2.89. The van der Waals surface area contributed by atoms with Crippen LogP contribution in [0.25, 0.3) is 0 Å². The van der Waals surface area contributed by atoms with Crippen LogP contribution in [0.15, 0.2) is 73.1 Å². The quantitative estimate of drug-likeness (QED) is 0.502. The van der Waals surface area contributed by atoms with E-state index in [2.05, 4.69) is 15.2 Å². The lowest BCUT2D eigenvalue weighted by atomic mass is 9.89. The van der Waals surface area contributed by atoms with Gasteiger partial charge in [0.1, 0.15) is 5.82 Å². The number of rotatable bonds is 8. The van der Waals surface area contributed by atoms with Gasteiger partial charge in [-0.1, -0.05) is 0 Å². The molecule has 1 amide bonds. The zero-order valence-corrected chi connectivity index (χ0v) is 19.3. The first kappa shape index (κ1) is 23.6. The number of hydrogen-bond acceptors (Lipinski definition) is 5. The van der Waals surface area contributed by atoms with E-state index in [1.165, 1.54) is 12.1 Å². The molecule has 2 heterocycles. The summed E-state index contributed by atoms with van der Waals surface area (Å²) in [6, 6.07) is 16.9. The van der Waals surface area contributed by atoms with Gasteiger partial charge < -0.3 is 15.1 Å². The highest BCUT2D eigenvalue weighted by Crippen LogP contribution is 2.23. The van der Waals surface area contributed by atoms with Crippen molar-refractivity contribution in [2.75, 3.05) is 43.4 Å². The van der Waals surface area contributed by atoms with E-state index in [1.54, 1.807) is 29.4 Å². The molecule has 3 aromatic rings. The number of Topliss-reactive ketones (excluding diaryl/α,β-unsaturated/α-hetero) is 1. The summed E-state index contributed by atoms with van der Waals surface area (Å²) in [7, 11) is 1.84. The summed E-state index contributed by atoms with van der Waals surface area (Å²) in [5, 5.41) is 3.06. The van der Waals surface area contributed by atoms with Crippen molar-refractivity contribution in [3.05, 3.63) is 90.0 Å². The van der Waals surface area contributed by atoms with Crippen LogP contribution < -0.4 is 10.2 Å². The van der Waals surface area contributed by atoms with Crippen LogP contribution in [0.5, 0.6) is 0 Å². The molecule has 0 atom stereocenters. The number of aromatic nitrogens is 1. The molecule has 0 unspecified atom stereocenters. The molecule has 1 aliphatic rings. The molecule has 6 nitrogen and oxygen atoms in total. The standard InChI is InChI=1S/C27H29FN4O2/c1-29-24-10-6-22(7-11-24)27(34)32(25-3-2-14-30-19-25)18-17-31-15-12-21(13-16-31)26(33)20-4-8-23(28)9-5-20/h2-11,14,19,21,29H,12-13,15-18H2,1H3. The first-order chi connectivity index (χ1) is 16.5. The van der Waals surface area contributed by atoms with Gasteiger partial charge in [-0.05, 0) is 86.6 Å². The van der Waals surface area contributed by atoms with Crippen LogP contribution >= 0.6 is 0 Å². The molecule has 176 valence electrons. The van der Waals surface area contributed by atoms with Crippen LogP contribution in [0.3, 0.4) is 0 Å². The third-order valence-corrected chi connectivity index (χ3v) is 6.35. The number of carbonyl (C=O) groups is 2. The molecule has 0 spiro atoms. The predicted octanol–water partition coefficient (Wildman–Crippen LogP) is 4.50. The summed E-state index contributed by atoms with van der Waals surface area (Å²) >= 11 is 0. The molecule has 0 aliphatic carbocycles. The number of piperidine rings is 1. The first-order valence-electron chi connectivity index (χ1n) is 11.6. The van der Waals surface area contributed by atoms with Crippen LogP contribution in [0.2, 0.25) is 0 Å². The van der Waals surface area contributed by atoms with E-state index in [9.17, 15) is 14.0 Å². The number of pyridine rings is 1. The largest absolute Gasteiger partial charge is 0.388 e. The summed E-state index contributed by atoms with van der Waals surface area (Å²) in [4.78, 5) is 34.3. The fourth-order valence-electron chi connectivity index (χ4n) is 4.31. The summed E-state index contributed by atoms with van der Waals surface area (Å²) in [6.07, 6.45) is 4.90. The number of ketones is 1. The molecule has 0 radical (unpaired) electrons. The molecule has 0 saturated carbocycles. The van der Waals surface area contributed by atoms with Gasteiger partial charge in [0.2, 0.25) is 0 Å². The van der Waals surface area contributed by atoms with Gasteiger partial charge in [0.15, 0.2) is 5.78 Å². The average molecular weight is 461 g/mol. The third kappa shape index (κ3) is 5.66. The lowest BCUT2D eigenvalue weighted by Gasteiger charge is -2.33. The number of anilines is 2. The number of nitrogens with zero attached hydrogens (tertiary/aromatic N) is 3. The molecule has 0 bridgehead atoms. The molecular weight excluding hydrogens is 431 g/mol. The van der Waals surface area contributed by atoms with E-state index in [1.807, 2.05) is 43.4 Å².